The van der Waals surface area contributed by atoms with Gasteiger partial charge in [0.05, 0.1) is 22.9 Å². The fourth-order valence-corrected chi connectivity index (χ4v) is 5.98. The Kier molecular flexibility index (Phi) is 7.83. The highest BCUT2D eigenvalue weighted by Gasteiger charge is 2.23. The molecular formula is C21H27N3O6S2. The van der Waals surface area contributed by atoms with E-state index in [0.717, 1.165) is 42.3 Å². The lowest BCUT2D eigenvalue weighted by Gasteiger charge is -2.22. The first-order valence-electron chi connectivity index (χ1n) is 10.5. The highest BCUT2D eigenvalue weighted by Crippen LogP contribution is 2.20. The minimum absolute atomic E-state index is 0.00350. The smallest absolute Gasteiger partial charge is 0.337 e. The van der Waals surface area contributed by atoms with E-state index in [0.29, 0.717) is 16.9 Å². The molecule has 0 atom stereocenters. The molecule has 0 spiro atoms. The summed E-state index contributed by atoms with van der Waals surface area (Å²) in [5.74, 6) is -3.46. The second-order valence-corrected chi connectivity index (χ2v) is 10.8. The number of rotatable bonds is 7. The fraction of sp³-hybridized carbons (Fsp3) is 0.524. The quantitative estimate of drug-likeness (QED) is 0.602. The van der Waals surface area contributed by atoms with Crippen LogP contribution in [0.1, 0.15) is 49.4 Å². The van der Waals surface area contributed by atoms with E-state index < -0.39 is 39.1 Å². The number of esters is 1. The van der Waals surface area contributed by atoms with Gasteiger partial charge in [0, 0.05) is 12.6 Å². The Balaban J connectivity index is 1.74. The van der Waals surface area contributed by atoms with Gasteiger partial charge in [0.1, 0.15) is 11.5 Å². The number of fused-ring (bicyclic) bond motifs is 1. The number of aryl methyl sites for hydroxylation is 1. The SMILES string of the molecule is CCn1c(=NC(=O)CS(=O)(=O)CC(=O)NC2CCCCC2)sc2cc(C(=O)OC)ccc21. The normalized spacial score (nSPS) is 15.6. The number of methoxy groups -OCH3 is 1. The number of nitrogens with zero attached hydrogens (tertiary/aromatic N) is 2. The predicted octanol–water partition coefficient (Wildman–Crippen LogP) is 1.80. The molecule has 0 saturated heterocycles. The van der Waals surface area contributed by atoms with Gasteiger partial charge in [-0.2, -0.15) is 4.99 Å². The van der Waals surface area contributed by atoms with Gasteiger partial charge in [-0.25, -0.2) is 13.2 Å². The Labute approximate surface area is 190 Å². The van der Waals surface area contributed by atoms with Crippen molar-refractivity contribution in [3.8, 4) is 0 Å². The fourth-order valence-electron chi connectivity index (χ4n) is 3.80. The molecule has 0 aliphatic heterocycles. The number of hydrogen-bond donors (Lipinski definition) is 1. The second-order valence-electron chi connectivity index (χ2n) is 7.74. The number of hydrogen-bond acceptors (Lipinski definition) is 7. The van der Waals surface area contributed by atoms with Crippen LogP contribution < -0.4 is 10.1 Å². The van der Waals surface area contributed by atoms with E-state index in [4.69, 9.17) is 4.74 Å². The van der Waals surface area contributed by atoms with Gasteiger partial charge >= 0.3 is 5.97 Å². The monoisotopic (exact) mass is 481 g/mol. The van der Waals surface area contributed by atoms with E-state index in [2.05, 4.69) is 10.3 Å². The summed E-state index contributed by atoms with van der Waals surface area (Å²) in [5.41, 5.74) is 1.14. The van der Waals surface area contributed by atoms with Crippen LogP contribution >= 0.6 is 11.3 Å². The number of sulfone groups is 1. The first kappa shape index (κ1) is 24.1. The molecule has 2 aromatic rings. The van der Waals surface area contributed by atoms with Crippen LogP contribution in [0.5, 0.6) is 0 Å². The van der Waals surface area contributed by atoms with Gasteiger partial charge in [-0.15, -0.1) is 0 Å². The number of carbonyl (C=O) groups is 3. The number of amides is 2. The summed E-state index contributed by atoms with van der Waals surface area (Å²) in [6, 6.07) is 5.00. The molecule has 32 heavy (non-hydrogen) atoms. The Hall–Kier alpha value is -2.53. The molecule has 1 N–H and O–H groups in total. The molecule has 174 valence electrons. The molecule has 1 heterocycles. The van der Waals surface area contributed by atoms with Gasteiger partial charge in [0.2, 0.25) is 5.91 Å². The molecule has 11 heteroatoms. The van der Waals surface area contributed by atoms with Gasteiger partial charge in [0.15, 0.2) is 14.6 Å². The lowest BCUT2D eigenvalue weighted by atomic mass is 9.95. The summed E-state index contributed by atoms with van der Waals surface area (Å²) in [5, 5.41) is 2.75. The Morgan fingerprint density at radius 3 is 2.56 bits per heavy atom. The first-order chi connectivity index (χ1) is 15.2. The molecule has 9 nitrogen and oxygen atoms in total. The third-order valence-corrected chi connectivity index (χ3v) is 7.74. The molecule has 3 rings (SSSR count). The van der Waals surface area contributed by atoms with Gasteiger partial charge in [-0.05, 0) is 38.0 Å². The van der Waals surface area contributed by atoms with Gasteiger partial charge in [-0.3, -0.25) is 9.59 Å². The van der Waals surface area contributed by atoms with Gasteiger partial charge in [0.25, 0.3) is 5.91 Å². The van der Waals surface area contributed by atoms with E-state index in [9.17, 15) is 22.8 Å². The summed E-state index contributed by atoms with van der Waals surface area (Å²) in [7, 11) is -2.65. The topological polar surface area (TPSA) is 124 Å². The van der Waals surface area contributed by atoms with Crippen LogP contribution in [0.3, 0.4) is 0 Å². The lowest BCUT2D eigenvalue weighted by Crippen LogP contribution is -2.40. The zero-order valence-electron chi connectivity index (χ0n) is 18.1. The first-order valence-corrected chi connectivity index (χ1v) is 13.1. The highest BCUT2D eigenvalue weighted by molar-refractivity contribution is 7.92. The number of carbonyl (C=O) groups excluding carboxylic acids is 3. The number of aromatic nitrogens is 1. The van der Waals surface area contributed by atoms with Crippen LogP contribution in [0.2, 0.25) is 0 Å². The van der Waals surface area contributed by atoms with Crippen molar-refractivity contribution in [3.05, 3.63) is 28.6 Å². The minimum Gasteiger partial charge on any atom is -0.465 e. The van der Waals surface area contributed by atoms with Crippen molar-refractivity contribution in [2.24, 2.45) is 4.99 Å². The number of nitrogens with one attached hydrogen (secondary N) is 1. The maximum atomic E-state index is 12.4. The molecule has 1 saturated carbocycles. The van der Waals surface area contributed by atoms with Crippen LogP contribution in [0.25, 0.3) is 10.2 Å². The van der Waals surface area contributed by atoms with E-state index >= 15 is 0 Å². The lowest BCUT2D eigenvalue weighted by molar-refractivity contribution is -0.119. The molecule has 1 aliphatic rings. The molecule has 0 bridgehead atoms. The van der Waals surface area contributed by atoms with E-state index in [1.807, 2.05) is 6.92 Å². The third kappa shape index (κ3) is 6.04. The van der Waals surface area contributed by atoms with Gasteiger partial charge < -0.3 is 14.6 Å². The molecule has 0 radical (unpaired) electrons. The second kappa shape index (κ2) is 10.4. The molecule has 0 unspecified atom stereocenters. The largest absolute Gasteiger partial charge is 0.465 e. The number of thiazole rings is 1. The molecule has 1 aliphatic carbocycles. The summed E-state index contributed by atoms with van der Waals surface area (Å²) in [6.07, 6.45) is 4.85. The van der Waals surface area contributed by atoms with Gasteiger partial charge in [-0.1, -0.05) is 30.6 Å². The van der Waals surface area contributed by atoms with Crippen molar-refractivity contribution in [2.75, 3.05) is 18.6 Å². The predicted molar refractivity (Wildman–Crippen MR) is 121 cm³/mol. The van der Waals surface area contributed by atoms with Crippen LogP contribution in [0, 0.1) is 0 Å². The Bertz CT molecular complexity index is 1190. The average Bonchev–Trinajstić information content (AvgIpc) is 3.08. The zero-order chi connectivity index (χ0) is 23.3. The van der Waals surface area contributed by atoms with E-state index in [-0.39, 0.29) is 6.04 Å². The van der Waals surface area contributed by atoms with Crippen molar-refractivity contribution in [1.82, 2.24) is 9.88 Å². The average molecular weight is 482 g/mol. The van der Waals surface area contributed by atoms with E-state index in [1.54, 1.807) is 22.8 Å². The maximum absolute atomic E-state index is 12.4. The van der Waals surface area contributed by atoms with Crippen LogP contribution in [-0.4, -0.2) is 55.4 Å². The molecule has 1 aromatic heterocycles. The van der Waals surface area contributed by atoms with Crippen LogP contribution in [-0.2, 0) is 30.7 Å². The molecule has 2 amide bonds. The van der Waals surface area contributed by atoms with Crippen molar-refractivity contribution < 1.29 is 27.5 Å². The van der Waals surface area contributed by atoms with Crippen LogP contribution in [0.15, 0.2) is 23.2 Å². The number of ether oxygens (including phenoxy) is 1. The summed E-state index contributed by atoms with van der Waals surface area (Å²) in [6.45, 7) is 2.37. The third-order valence-electron chi connectivity index (χ3n) is 5.31. The molecule has 1 aromatic carbocycles. The minimum atomic E-state index is -3.94. The zero-order valence-corrected chi connectivity index (χ0v) is 19.8. The van der Waals surface area contributed by atoms with E-state index in [1.165, 1.54) is 18.4 Å². The van der Waals surface area contributed by atoms with Crippen molar-refractivity contribution >= 4 is 49.2 Å². The van der Waals surface area contributed by atoms with Crippen molar-refractivity contribution in [3.63, 3.8) is 0 Å². The summed E-state index contributed by atoms with van der Waals surface area (Å²) in [4.78, 5) is 40.6. The Morgan fingerprint density at radius 2 is 1.91 bits per heavy atom. The van der Waals surface area contributed by atoms with Crippen molar-refractivity contribution in [1.29, 1.82) is 0 Å². The standard InChI is InChI=1S/C21H27N3O6S2/c1-3-24-16-10-9-14(20(27)30-2)11-17(16)31-21(24)23-19(26)13-32(28,29)12-18(25)22-15-7-5-4-6-8-15/h9-11,15H,3-8,12-13H2,1-2H3,(H,22,25). The van der Waals surface area contributed by atoms with Crippen LogP contribution in [0.4, 0.5) is 0 Å². The van der Waals surface area contributed by atoms with Crippen molar-refractivity contribution in [2.45, 2.75) is 51.6 Å². The highest BCUT2D eigenvalue weighted by atomic mass is 32.2. The number of benzene rings is 1. The maximum Gasteiger partial charge on any atom is 0.337 e. The summed E-state index contributed by atoms with van der Waals surface area (Å²) >= 11 is 1.18. The molecular weight excluding hydrogens is 454 g/mol. The molecule has 1 fully saturated rings. The summed E-state index contributed by atoms with van der Waals surface area (Å²) < 4.78 is 31.9. The Morgan fingerprint density at radius 1 is 1.19 bits per heavy atom.